The lowest BCUT2D eigenvalue weighted by Gasteiger charge is -2.34. The van der Waals surface area contributed by atoms with Crippen molar-refractivity contribution in [1.82, 2.24) is 14.7 Å². The van der Waals surface area contributed by atoms with Gasteiger partial charge in [0.1, 0.15) is 0 Å². The van der Waals surface area contributed by atoms with Crippen molar-refractivity contribution in [2.75, 3.05) is 13.1 Å². The minimum Gasteiger partial charge on any atom is -0.338 e. The van der Waals surface area contributed by atoms with Crippen LogP contribution in [0.4, 0.5) is 0 Å². The fourth-order valence-electron chi connectivity index (χ4n) is 3.26. The number of likely N-dealkylation sites (tertiary alicyclic amines) is 1. The van der Waals surface area contributed by atoms with Crippen LogP contribution in [0.1, 0.15) is 35.8 Å². The maximum absolute atomic E-state index is 12.9. The number of benzene rings is 1. The zero-order valence-electron chi connectivity index (χ0n) is 14.1. The van der Waals surface area contributed by atoms with Gasteiger partial charge >= 0.3 is 0 Å². The number of halogens is 1. The minimum absolute atomic E-state index is 0.0567. The van der Waals surface area contributed by atoms with Crippen molar-refractivity contribution in [3.63, 3.8) is 0 Å². The molecule has 24 heavy (non-hydrogen) atoms. The standard InChI is InChI=1S/C18H23BrN4O/c1-12(20)14-4-3-9-22(11-14)18(24)17-10-21-23(13(17)2)16-7-5-15(19)6-8-16/h5-8,10,12,14H,3-4,9,11,20H2,1-2H3. The second kappa shape index (κ2) is 7.07. The van der Waals surface area contributed by atoms with E-state index in [1.807, 2.05) is 47.7 Å². The first kappa shape index (κ1) is 17.2. The molecule has 0 saturated carbocycles. The van der Waals surface area contributed by atoms with Crippen molar-refractivity contribution in [2.45, 2.75) is 32.7 Å². The fourth-order valence-corrected chi connectivity index (χ4v) is 3.52. The molecule has 1 aromatic heterocycles. The summed E-state index contributed by atoms with van der Waals surface area (Å²) < 4.78 is 2.83. The average molecular weight is 391 g/mol. The molecule has 0 spiro atoms. The van der Waals surface area contributed by atoms with Crippen LogP contribution < -0.4 is 5.73 Å². The molecule has 3 rings (SSSR count). The summed E-state index contributed by atoms with van der Waals surface area (Å²) in [6.45, 7) is 5.50. The van der Waals surface area contributed by atoms with Gasteiger partial charge in [0, 0.05) is 23.6 Å². The van der Waals surface area contributed by atoms with Gasteiger partial charge in [-0.2, -0.15) is 5.10 Å². The van der Waals surface area contributed by atoms with Crippen LogP contribution in [0.15, 0.2) is 34.9 Å². The average Bonchev–Trinajstić information content (AvgIpc) is 2.96. The van der Waals surface area contributed by atoms with E-state index in [0.717, 1.165) is 41.8 Å². The van der Waals surface area contributed by atoms with Crippen LogP contribution >= 0.6 is 15.9 Å². The van der Waals surface area contributed by atoms with Crippen molar-refractivity contribution in [3.8, 4) is 5.69 Å². The number of hydrogen-bond acceptors (Lipinski definition) is 3. The summed E-state index contributed by atoms with van der Waals surface area (Å²) in [5, 5.41) is 4.41. The number of rotatable bonds is 3. The Hall–Kier alpha value is -1.66. The van der Waals surface area contributed by atoms with Gasteiger partial charge in [0.25, 0.3) is 5.91 Å². The first-order chi connectivity index (χ1) is 11.5. The van der Waals surface area contributed by atoms with E-state index in [1.54, 1.807) is 6.20 Å². The number of nitrogens with two attached hydrogens (primary N) is 1. The Balaban J connectivity index is 1.82. The predicted molar refractivity (Wildman–Crippen MR) is 98.3 cm³/mol. The van der Waals surface area contributed by atoms with Crippen molar-refractivity contribution >= 4 is 21.8 Å². The molecule has 1 fully saturated rings. The largest absolute Gasteiger partial charge is 0.338 e. The van der Waals surface area contributed by atoms with Crippen molar-refractivity contribution in [3.05, 3.63) is 46.2 Å². The van der Waals surface area contributed by atoms with Crippen LogP contribution in [0.2, 0.25) is 0 Å². The van der Waals surface area contributed by atoms with E-state index in [1.165, 1.54) is 0 Å². The van der Waals surface area contributed by atoms with E-state index in [0.29, 0.717) is 11.5 Å². The molecule has 1 saturated heterocycles. The molecule has 6 heteroatoms. The molecule has 2 heterocycles. The molecular weight excluding hydrogens is 368 g/mol. The summed E-state index contributed by atoms with van der Waals surface area (Å²) in [4.78, 5) is 14.8. The van der Waals surface area contributed by atoms with E-state index >= 15 is 0 Å². The zero-order valence-corrected chi connectivity index (χ0v) is 15.7. The van der Waals surface area contributed by atoms with Crippen molar-refractivity contribution in [1.29, 1.82) is 0 Å². The Bertz CT molecular complexity index is 723. The predicted octanol–water partition coefficient (Wildman–Crippen LogP) is 3.14. The number of carbonyl (C=O) groups excluding carboxylic acids is 1. The van der Waals surface area contributed by atoms with E-state index in [4.69, 9.17) is 5.73 Å². The van der Waals surface area contributed by atoms with E-state index in [9.17, 15) is 4.79 Å². The molecule has 0 bridgehead atoms. The van der Waals surface area contributed by atoms with E-state index < -0.39 is 0 Å². The second-order valence-electron chi connectivity index (χ2n) is 6.54. The topological polar surface area (TPSA) is 64.2 Å². The van der Waals surface area contributed by atoms with E-state index in [-0.39, 0.29) is 11.9 Å². The Morgan fingerprint density at radius 3 is 2.75 bits per heavy atom. The quantitative estimate of drug-likeness (QED) is 0.875. The van der Waals surface area contributed by atoms with Crippen LogP contribution in [0.5, 0.6) is 0 Å². The van der Waals surface area contributed by atoms with E-state index in [2.05, 4.69) is 21.0 Å². The highest BCUT2D eigenvalue weighted by Crippen LogP contribution is 2.23. The lowest BCUT2D eigenvalue weighted by molar-refractivity contribution is 0.0660. The number of carbonyl (C=O) groups is 1. The van der Waals surface area contributed by atoms with Crippen molar-refractivity contribution in [2.24, 2.45) is 11.7 Å². The number of nitrogens with zero attached hydrogens (tertiary/aromatic N) is 3. The molecular formula is C18H23BrN4O. The maximum Gasteiger partial charge on any atom is 0.257 e. The van der Waals surface area contributed by atoms with Gasteiger partial charge in [0.2, 0.25) is 0 Å². The van der Waals surface area contributed by atoms with Crippen LogP contribution in [0.3, 0.4) is 0 Å². The van der Waals surface area contributed by atoms with Gasteiger partial charge in [-0.25, -0.2) is 4.68 Å². The van der Waals surface area contributed by atoms with Crippen LogP contribution in [-0.4, -0.2) is 39.7 Å². The molecule has 2 atom stereocenters. The van der Waals surface area contributed by atoms with Crippen LogP contribution in [-0.2, 0) is 0 Å². The molecule has 5 nitrogen and oxygen atoms in total. The monoisotopic (exact) mass is 390 g/mol. The van der Waals surface area contributed by atoms with Gasteiger partial charge in [0.05, 0.1) is 23.1 Å². The summed E-state index contributed by atoms with van der Waals surface area (Å²) in [5.74, 6) is 0.436. The van der Waals surface area contributed by atoms with Gasteiger partial charge in [-0.05, 0) is 56.9 Å². The minimum atomic E-state index is 0.0567. The van der Waals surface area contributed by atoms with Gasteiger partial charge < -0.3 is 10.6 Å². The third-order valence-corrected chi connectivity index (χ3v) is 5.33. The van der Waals surface area contributed by atoms with Crippen molar-refractivity contribution < 1.29 is 4.79 Å². The Morgan fingerprint density at radius 2 is 2.08 bits per heavy atom. The normalized spacial score (nSPS) is 19.3. The summed E-state index contributed by atoms with van der Waals surface area (Å²) in [7, 11) is 0. The summed E-state index contributed by atoms with van der Waals surface area (Å²) >= 11 is 3.43. The Labute approximate surface area is 151 Å². The summed E-state index contributed by atoms with van der Waals surface area (Å²) in [5.41, 5.74) is 8.51. The molecule has 0 aliphatic carbocycles. The molecule has 1 aliphatic rings. The summed E-state index contributed by atoms with van der Waals surface area (Å²) in [6.07, 6.45) is 3.78. The van der Waals surface area contributed by atoms with Gasteiger partial charge in [-0.15, -0.1) is 0 Å². The third kappa shape index (κ3) is 3.39. The lowest BCUT2D eigenvalue weighted by Crippen LogP contribution is -2.45. The Morgan fingerprint density at radius 1 is 1.38 bits per heavy atom. The molecule has 1 amide bonds. The van der Waals surface area contributed by atoms with Crippen LogP contribution in [0.25, 0.3) is 5.69 Å². The molecule has 2 N–H and O–H groups in total. The fraction of sp³-hybridized carbons (Fsp3) is 0.444. The first-order valence-corrected chi connectivity index (χ1v) is 9.12. The Kier molecular flexibility index (Phi) is 5.06. The zero-order chi connectivity index (χ0) is 17.3. The first-order valence-electron chi connectivity index (χ1n) is 8.33. The highest BCUT2D eigenvalue weighted by Gasteiger charge is 2.28. The van der Waals surface area contributed by atoms with Gasteiger partial charge in [0.15, 0.2) is 0 Å². The van der Waals surface area contributed by atoms with Gasteiger partial charge in [-0.3, -0.25) is 4.79 Å². The lowest BCUT2D eigenvalue weighted by atomic mass is 9.92. The molecule has 128 valence electrons. The maximum atomic E-state index is 12.9. The SMILES string of the molecule is Cc1c(C(=O)N2CCCC(C(C)N)C2)cnn1-c1ccc(Br)cc1. The van der Waals surface area contributed by atoms with Gasteiger partial charge in [-0.1, -0.05) is 15.9 Å². The number of aromatic nitrogens is 2. The molecule has 0 radical (unpaired) electrons. The smallest absolute Gasteiger partial charge is 0.257 e. The molecule has 1 aromatic carbocycles. The molecule has 1 aliphatic heterocycles. The number of piperidine rings is 1. The third-order valence-electron chi connectivity index (χ3n) is 4.80. The number of hydrogen-bond donors (Lipinski definition) is 1. The summed E-state index contributed by atoms with van der Waals surface area (Å²) in [6, 6.07) is 8.01. The highest BCUT2D eigenvalue weighted by atomic mass is 79.9. The highest BCUT2D eigenvalue weighted by molar-refractivity contribution is 9.10. The van der Waals surface area contributed by atoms with Crippen LogP contribution in [0, 0.1) is 12.8 Å². The second-order valence-corrected chi connectivity index (χ2v) is 7.46. The molecule has 2 unspecified atom stereocenters. The molecule has 2 aromatic rings. The number of amides is 1.